The third-order valence-electron chi connectivity index (χ3n) is 3.03. The summed E-state index contributed by atoms with van der Waals surface area (Å²) in [6.07, 6.45) is 0. The molecule has 2 aromatic heterocycles. The van der Waals surface area contributed by atoms with Crippen LogP contribution < -0.4 is 10.6 Å². The lowest BCUT2D eigenvalue weighted by atomic mass is 10.3. The van der Waals surface area contributed by atoms with E-state index in [1.54, 1.807) is 23.1 Å². The molecule has 9 heteroatoms. The molecule has 2 heterocycles. The van der Waals surface area contributed by atoms with E-state index in [0.29, 0.717) is 27.6 Å². The summed E-state index contributed by atoms with van der Waals surface area (Å²) in [5.74, 6) is 1.28. The topological polar surface area (TPSA) is 94.0 Å². The number of nitrogens with two attached hydrogens (primary N) is 1. The summed E-state index contributed by atoms with van der Waals surface area (Å²) in [7, 11) is 3.70. The molecule has 2 N–H and O–H groups in total. The first kappa shape index (κ1) is 15.8. The molecule has 1 unspecified atom stereocenters. The lowest BCUT2D eigenvalue weighted by molar-refractivity contribution is 0.488. The number of nitrogens with zero attached hydrogens (tertiary/aromatic N) is 5. The van der Waals surface area contributed by atoms with E-state index >= 15 is 0 Å². The van der Waals surface area contributed by atoms with Gasteiger partial charge >= 0.3 is 0 Å². The van der Waals surface area contributed by atoms with Gasteiger partial charge in [-0.25, -0.2) is 4.98 Å². The maximum atomic E-state index is 5.96. The van der Waals surface area contributed by atoms with E-state index in [-0.39, 0.29) is 11.2 Å². The van der Waals surface area contributed by atoms with Crippen molar-refractivity contribution < 1.29 is 4.42 Å². The first-order chi connectivity index (χ1) is 10.9. The number of hydrogen-bond acceptors (Lipinski definition) is 8. The van der Waals surface area contributed by atoms with Gasteiger partial charge in [0.05, 0.1) is 5.25 Å². The molecule has 0 saturated heterocycles. The largest absolute Gasteiger partial charge is 0.431 e. The molecular weight excluding hydrogens is 336 g/mol. The Labute approximate surface area is 142 Å². The summed E-state index contributed by atoms with van der Waals surface area (Å²) in [5.41, 5.74) is 7.16. The number of thioether (sulfide) groups is 1. The minimum absolute atomic E-state index is 0.0949. The number of hydrogen-bond donors (Lipinski definition) is 1. The molecule has 1 aromatic carbocycles. The number of benzene rings is 1. The molecular formula is C14H15ClN6OS. The van der Waals surface area contributed by atoms with Crippen LogP contribution in [0.4, 0.5) is 11.9 Å². The number of fused-ring (bicyclic) bond motifs is 1. The fraction of sp³-hybridized carbons (Fsp3) is 0.286. The predicted molar refractivity (Wildman–Crippen MR) is 91.9 cm³/mol. The Morgan fingerprint density at radius 3 is 2.74 bits per heavy atom. The van der Waals surface area contributed by atoms with Crippen molar-refractivity contribution in [1.82, 2.24) is 19.9 Å². The molecule has 3 aromatic rings. The van der Waals surface area contributed by atoms with Crippen molar-refractivity contribution in [3.8, 4) is 0 Å². The van der Waals surface area contributed by atoms with Crippen molar-refractivity contribution in [1.29, 1.82) is 0 Å². The monoisotopic (exact) mass is 350 g/mol. The highest BCUT2D eigenvalue weighted by Crippen LogP contribution is 2.35. The second kappa shape index (κ2) is 6.21. The molecule has 0 aliphatic carbocycles. The normalized spacial score (nSPS) is 12.5. The van der Waals surface area contributed by atoms with Crippen LogP contribution in [0.25, 0.3) is 11.1 Å². The standard InChI is InChI=1S/C14H15ClN6OS/c1-7(11-18-12(16)20-13(19-11)21(2)3)23-14-17-9-6-8(15)4-5-10(9)22-14/h4-7H,1-3H3,(H2,16,18,19,20). The van der Waals surface area contributed by atoms with Crippen LogP contribution >= 0.6 is 23.4 Å². The number of halogens is 1. The first-order valence-corrected chi connectivity index (χ1v) is 8.09. The third kappa shape index (κ3) is 3.48. The number of oxazole rings is 1. The molecule has 0 bridgehead atoms. The summed E-state index contributed by atoms with van der Waals surface area (Å²) in [4.78, 5) is 18.9. The van der Waals surface area contributed by atoms with Gasteiger partial charge in [0.25, 0.3) is 5.22 Å². The summed E-state index contributed by atoms with van der Waals surface area (Å²) in [6.45, 7) is 1.96. The molecule has 0 spiro atoms. The highest BCUT2D eigenvalue weighted by atomic mass is 35.5. The third-order valence-corrected chi connectivity index (χ3v) is 4.21. The maximum Gasteiger partial charge on any atom is 0.257 e. The van der Waals surface area contributed by atoms with E-state index in [1.807, 2.05) is 21.0 Å². The molecule has 0 fully saturated rings. The van der Waals surface area contributed by atoms with E-state index in [4.69, 9.17) is 21.8 Å². The van der Waals surface area contributed by atoms with Gasteiger partial charge < -0.3 is 15.1 Å². The predicted octanol–water partition coefficient (Wildman–Crippen LogP) is 3.17. The molecule has 0 aliphatic heterocycles. The van der Waals surface area contributed by atoms with Gasteiger partial charge in [0, 0.05) is 19.1 Å². The Kier molecular flexibility index (Phi) is 4.27. The Hall–Kier alpha value is -2.06. The highest BCUT2D eigenvalue weighted by molar-refractivity contribution is 7.99. The van der Waals surface area contributed by atoms with E-state index in [2.05, 4.69) is 19.9 Å². The second-order valence-corrected chi connectivity index (χ2v) is 6.83. The van der Waals surface area contributed by atoms with Gasteiger partial charge in [-0.2, -0.15) is 15.0 Å². The lowest BCUT2D eigenvalue weighted by Crippen LogP contribution is -2.16. The zero-order chi connectivity index (χ0) is 16.6. The van der Waals surface area contributed by atoms with Gasteiger partial charge in [0.15, 0.2) is 5.58 Å². The lowest BCUT2D eigenvalue weighted by Gasteiger charge is -2.13. The van der Waals surface area contributed by atoms with Gasteiger partial charge in [-0.05, 0) is 25.1 Å². The fourth-order valence-corrected chi connectivity index (χ4v) is 2.88. The number of aromatic nitrogens is 4. The van der Waals surface area contributed by atoms with Crippen LogP contribution in [0.15, 0.2) is 27.8 Å². The minimum atomic E-state index is -0.0949. The van der Waals surface area contributed by atoms with E-state index in [1.165, 1.54) is 11.8 Å². The smallest absolute Gasteiger partial charge is 0.257 e. The maximum absolute atomic E-state index is 5.96. The van der Waals surface area contributed by atoms with Crippen molar-refractivity contribution in [3.05, 3.63) is 29.0 Å². The summed E-state index contributed by atoms with van der Waals surface area (Å²) < 4.78 is 5.70. The molecule has 23 heavy (non-hydrogen) atoms. The minimum Gasteiger partial charge on any atom is -0.431 e. The molecule has 0 amide bonds. The SMILES string of the molecule is CC(Sc1nc2cc(Cl)ccc2o1)c1nc(N)nc(N(C)C)n1. The summed E-state index contributed by atoms with van der Waals surface area (Å²) >= 11 is 7.37. The van der Waals surface area contributed by atoms with Gasteiger partial charge in [-0.15, -0.1) is 0 Å². The van der Waals surface area contributed by atoms with Crippen LogP contribution in [0, 0.1) is 0 Å². The Morgan fingerprint density at radius 1 is 1.22 bits per heavy atom. The van der Waals surface area contributed by atoms with Gasteiger partial charge in [0.1, 0.15) is 11.3 Å². The van der Waals surface area contributed by atoms with Crippen molar-refractivity contribution in [2.45, 2.75) is 17.4 Å². The molecule has 0 radical (unpaired) electrons. The van der Waals surface area contributed by atoms with Crippen LogP contribution in [0.2, 0.25) is 5.02 Å². The number of anilines is 2. The average molecular weight is 351 g/mol. The van der Waals surface area contributed by atoms with Crippen LogP contribution in [0.5, 0.6) is 0 Å². The molecule has 1 atom stereocenters. The van der Waals surface area contributed by atoms with Crippen molar-refractivity contribution >= 4 is 46.4 Å². The zero-order valence-electron chi connectivity index (χ0n) is 12.8. The Bertz CT molecular complexity index is 852. The van der Waals surface area contributed by atoms with Crippen molar-refractivity contribution in [2.24, 2.45) is 0 Å². The summed E-state index contributed by atoms with van der Waals surface area (Å²) in [6, 6.07) is 5.33. The van der Waals surface area contributed by atoms with Gasteiger partial charge in [-0.1, -0.05) is 23.4 Å². The van der Waals surface area contributed by atoms with E-state index < -0.39 is 0 Å². The Balaban J connectivity index is 1.86. The van der Waals surface area contributed by atoms with Crippen LogP contribution in [0.1, 0.15) is 18.0 Å². The Morgan fingerprint density at radius 2 is 2.00 bits per heavy atom. The molecule has 0 saturated carbocycles. The van der Waals surface area contributed by atoms with Gasteiger partial charge in [-0.3, -0.25) is 0 Å². The van der Waals surface area contributed by atoms with Gasteiger partial charge in [0.2, 0.25) is 11.9 Å². The molecule has 3 rings (SSSR count). The fourth-order valence-electron chi connectivity index (χ4n) is 1.91. The van der Waals surface area contributed by atoms with Crippen molar-refractivity contribution in [2.75, 3.05) is 24.7 Å². The summed E-state index contributed by atoms with van der Waals surface area (Å²) in [5, 5.41) is 1.05. The first-order valence-electron chi connectivity index (χ1n) is 6.84. The average Bonchev–Trinajstić information content (AvgIpc) is 2.87. The number of nitrogen functional groups attached to an aromatic ring is 1. The number of rotatable bonds is 4. The quantitative estimate of drug-likeness (QED) is 0.717. The van der Waals surface area contributed by atoms with E-state index in [9.17, 15) is 0 Å². The van der Waals surface area contributed by atoms with E-state index in [0.717, 1.165) is 5.52 Å². The molecule has 7 nitrogen and oxygen atoms in total. The molecule has 0 aliphatic rings. The zero-order valence-corrected chi connectivity index (χ0v) is 14.4. The second-order valence-electron chi connectivity index (χ2n) is 5.10. The molecule has 120 valence electrons. The highest BCUT2D eigenvalue weighted by Gasteiger charge is 2.17. The van der Waals surface area contributed by atoms with Crippen molar-refractivity contribution in [3.63, 3.8) is 0 Å². The van der Waals surface area contributed by atoms with Crippen LogP contribution in [0.3, 0.4) is 0 Å². The van der Waals surface area contributed by atoms with Crippen LogP contribution in [-0.2, 0) is 0 Å². The van der Waals surface area contributed by atoms with Crippen LogP contribution in [-0.4, -0.2) is 34.0 Å².